The van der Waals surface area contributed by atoms with Crippen molar-refractivity contribution in [1.29, 1.82) is 0 Å². The van der Waals surface area contributed by atoms with Gasteiger partial charge in [0.05, 0.1) is 6.61 Å². The number of rotatable bonds is 10. The maximum absolute atomic E-state index is 11.3. The highest BCUT2D eigenvalue weighted by Gasteiger charge is 2.24. The van der Waals surface area contributed by atoms with E-state index in [1.807, 2.05) is 0 Å². The van der Waals surface area contributed by atoms with Gasteiger partial charge in [0.1, 0.15) is 0 Å². The summed E-state index contributed by atoms with van der Waals surface area (Å²) in [5.74, 6) is 0.0850. The Morgan fingerprint density at radius 3 is 2.30 bits per heavy atom. The van der Waals surface area contributed by atoms with Gasteiger partial charge in [-0.2, -0.15) is 0 Å². The van der Waals surface area contributed by atoms with Crippen LogP contribution in [-0.4, -0.2) is 18.1 Å². The van der Waals surface area contributed by atoms with E-state index >= 15 is 0 Å². The first-order valence-corrected chi connectivity index (χ1v) is 7.40. The number of halogens is 1. The Kier molecular flexibility index (Phi) is 12.4. The van der Waals surface area contributed by atoms with Crippen molar-refractivity contribution in [3.63, 3.8) is 0 Å². The smallest absolute Gasteiger partial charge is 0.333 e. The Balaban J connectivity index is 0. The van der Waals surface area contributed by atoms with Crippen LogP contribution in [0.1, 0.15) is 66.2 Å². The fraction of sp³-hybridized carbons (Fsp3) is 0.812. The Morgan fingerprint density at radius 2 is 1.85 bits per heavy atom. The number of carbonyl (C=O) groups is 1. The second-order valence-electron chi connectivity index (χ2n) is 6.07. The van der Waals surface area contributed by atoms with Crippen LogP contribution < -0.4 is 5.73 Å². The zero-order valence-corrected chi connectivity index (χ0v) is 15.2. The van der Waals surface area contributed by atoms with Crippen molar-refractivity contribution in [2.24, 2.45) is 11.7 Å². The predicted octanol–water partition coefficient (Wildman–Crippen LogP) is 4.40. The van der Waals surface area contributed by atoms with Gasteiger partial charge in [-0.05, 0) is 39.5 Å². The molecular weight excluding hydrogens is 318 g/mol. The molecule has 0 spiro atoms. The number of ether oxygens (including phenoxy) is 1. The molecule has 1 atom stereocenters. The van der Waals surface area contributed by atoms with Gasteiger partial charge in [0.2, 0.25) is 0 Å². The van der Waals surface area contributed by atoms with Crippen LogP contribution in [0, 0.1) is 5.92 Å². The van der Waals surface area contributed by atoms with E-state index in [1.54, 1.807) is 6.92 Å². The summed E-state index contributed by atoms with van der Waals surface area (Å²) in [7, 11) is 0. The summed E-state index contributed by atoms with van der Waals surface area (Å²) in [6.45, 7) is 12.0. The van der Waals surface area contributed by atoms with Crippen LogP contribution in [0.3, 0.4) is 0 Å². The molecule has 120 valence electrons. The number of hydrogen-bond donors (Lipinski definition) is 1. The number of hydrogen-bond acceptors (Lipinski definition) is 3. The quantitative estimate of drug-likeness (QED) is 0.361. The molecule has 3 nitrogen and oxygen atoms in total. The average molecular weight is 350 g/mol. The van der Waals surface area contributed by atoms with Crippen molar-refractivity contribution in [2.75, 3.05) is 6.61 Å². The minimum Gasteiger partial charge on any atom is -0.462 e. The largest absolute Gasteiger partial charge is 0.462 e. The fourth-order valence-electron chi connectivity index (χ4n) is 2.12. The Bertz CT molecular complexity index is 285. The van der Waals surface area contributed by atoms with E-state index in [0.29, 0.717) is 18.1 Å². The molecule has 0 aliphatic carbocycles. The van der Waals surface area contributed by atoms with Gasteiger partial charge in [-0.1, -0.05) is 39.2 Å². The first-order valence-electron chi connectivity index (χ1n) is 7.40. The zero-order chi connectivity index (χ0) is 14.9. The predicted molar refractivity (Wildman–Crippen MR) is 91.2 cm³/mol. The molecular formula is C16H32BrNO2. The van der Waals surface area contributed by atoms with Crippen molar-refractivity contribution < 1.29 is 9.53 Å². The van der Waals surface area contributed by atoms with E-state index in [4.69, 9.17) is 10.5 Å². The standard InChI is InChI=1S/C16H31NO2.BrH/c1-6-7-8-9-10-14(16(4,5)17)11-12-19-15(18)13(2)3;/h14H,2,6-12,17H2,1,3-5H3;1H. The van der Waals surface area contributed by atoms with Crippen LogP contribution in [0.4, 0.5) is 0 Å². The molecule has 0 rings (SSSR count). The van der Waals surface area contributed by atoms with Crippen molar-refractivity contribution in [3.8, 4) is 0 Å². The highest BCUT2D eigenvalue weighted by atomic mass is 79.9. The van der Waals surface area contributed by atoms with Crippen LogP contribution >= 0.6 is 17.0 Å². The molecule has 0 amide bonds. The zero-order valence-electron chi connectivity index (χ0n) is 13.5. The summed E-state index contributed by atoms with van der Waals surface area (Å²) in [6, 6.07) is 0. The molecule has 0 bridgehead atoms. The molecule has 0 radical (unpaired) electrons. The topological polar surface area (TPSA) is 52.3 Å². The minimum absolute atomic E-state index is 0. The van der Waals surface area contributed by atoms with Crippen molar-refractivity contribution in [3.05, 3.63) is 12.2 Å². The third kappa shape index (κ3) is 10.4. The first kappa shape index (κ1) is 21.9. The number of esters is 1. The Labute approximate surface area is 135 Å². The van der Waals surface area contributed by atoms with Crippen molar-refractivity contribution in [1.82, 2.24) is 0 Å². The molecule has 0 aromatic rings. The third-order valence-electron chi connectivity index (χ3n) is 3.51. The van der Waals surface area contributed by atoms with E-state index in [1.165, 1.54) is 25.7 Å². The van der Waals surface area contributed by atoms with E-state index in [-0.39, 0.29) is 28.5 Å². The molecule has 0 aromatic carbocycles. The summed E-state index contributed by atoms with van der Waals surface area (Å²) in [5.41, 5.74) is 6.44. The van der Waals surface area contributed by atoms with Gasteiger partial charge < -0.3 is 10.5 Å². The van der Waals surface area contributed by atoms with Gasteiger partial charge >= 0.3 is 5.97 Å². The molecule has 4 heteroatoms. The maximum Gasteiger partial charge on any atom is 0.333 e. The van der Waals surface area contributed by atoms with E-state index in [0.717, 1.165) is 12.8 Å². The lowest BCUT2D eigenvalue weighted by Gasteiger charge is -2.30. The second-order valence-corrected chi connectivity index (χ2v) is 6.07. The van der Waals surface area contributed by atoms with Gasteiger partial charge in [-0.15, -0.1) is 17.0 Å². The number of unbranched alkanes of at least 4 members (excludes halogenated alkanes) is 3. The van der Waals surface area contributed by atoms with E-state index in [2.05, 4.69) is 27.4 Å². The molecule has 0 heterocycles. The van der Waals surface area contributed by atoms with Crippen LogP contribution in [0.2, 0.25) is 0 Å². The monoisotopic (exact) mass is 349 g/mol. The lowest BCUT2D eigenvalue weighted by Crippen LogP contribution is -2.41. The summed E-state index contributed by atoms with van der Waals surface area (Å²) in [4.78, 5) is 11.3. The van der Waals surface area contributed by atoms with Crippen LogP contribution in [0.5, 0.6) is 0 Å². The first-order chi connectivity index (χ1) is 8.79. The summed E-state index contributed by atoms with van der Waals surface area (Å²) in [5, 5.41) is 0. The molecule has 0 aliphatic heterocycles. The van der Waals surface area contributed by atoms with Crippen molar-refractivity contribution >= 4 is 23.0 Å². The van der Waals surface area contributed by atoms with E-state index in [9.17, 15) is 4.79 Å². The van der Waals surface area contributed by atoms with E-state index < -0.39 is 0 Å². The van der Waals surface area contributed by atoms with Crippen LogP contribution in [0.15, 0.2) is 12.2 Å². The van der Waals surface area contributed by atoms with Gasteiger partial charge in [-0.25, -0.2) is 4.79 Å². The highest BCUT2D eigenvalue weighted by molar-refractivity contribution is 8.93. The second kappa shape index (κ2) is 11.3. The maximum atomic E-state index is 11.3. The number of nitrogens with two attached hydrogens (primary N) is 1. The molecule has 2 N–H and O–H groups in total. The molecule has 0 saturated carbocycles. The van der Waals surface area contributed by atoms with Crippen LogP contribution in [0.25, 0.3) is 0 Å². The summed E-state index contributed by atoms with van der Waals surface area (Å²) < 4.78 is 5.16. The molecule has 0 saturated heterocycles. The molecule has 20 heavy (non-hydrogen) atoms. The molecule has 0 fully saturated rings. The lowest BCUT2D eigenvalue weighted by molar-refractivity contribution is -0.139. The normalized spacial score (nSPS) is 12.4. The fourth-order valence-corrected chi connectivity index (χ4v) is 2.12. The number of carbonyl (C=O) groups excluding carboxylic acids is 1. The minimum atomic E-state index is -0.306. The summed E-state index contributed by atoms with van der Waals surface area (Å²) >= 11 is 0. The van der Waals surface area contributed by atoms with Gasteiger partial charge in [0.25, 0.3) is 0 Å². The Morgan fingerprint density at radius 1 is 1.25 bits per heavy atom. The van der Waals surface area contributed by atoms with Gasteiger partial charge in [0, 0.05) is 11.1 Å². The van der Waals surface area contributed by atoms with Gasteiger partial charge in [-0.3, -0.25) is 0 Å². The van der Waals surface area contributed by atoms with Crippen molar-refractivity contribution in [2.45, 2.75) is 71.8 Å². The third-order valence-corrected chi connectivity index (χ3v) is 3.51. The highest BCUT2D eigenvalue weighted by Crippen LogP contribution is 2.24. The SMILES string of the molecule is Br.C=C(C)C(=O)OCCC(CCCCCC)C(C)(C)N. The van der Waals surface area contributed by atoms with Gasteiger partial charge in [0.15, 0.2) is 0 Å². The lowest BCUT2D eigenvalue weighted by atomic mass is 9.82. The molecule has 0 aromatic heterocycles. The average Bonchev–Trinajstić information content (AvgIpc) is 2.30. The molecule has 1 unspecified atom stereocenters. The van der Waals surface area contributed by atoms with Crippen LogP contribution in [-0.2, 0) is 9.53 Å². The Hall–Kier alpha value is -0.350. The summed E-state index contributed by atoms with van der Waals surface area (Å²) in [6.07, 6.45) is 6.92. The molecule has 0 aliphatic rings.